The van der Waals surface area contributed by atoms with Gasteiger partial charge in [-0.3, -0.25) is 9.48 Å². The van der Waals surface area contributed by atoms with Gasteiger partial charge in [0, 0.05) is 35.5 Å². The lowest BCUT2D eigenvalue weighted by Gasteiger charge is -2.26. The lowest BCUT2D eigenvalue weighted by molar-refractivity contribution is -0.127. The summed E-state index contributed by atoms with van der Waals surface area (Å²) in [6.07, 6.45) is 1.18. The van der Waals surface area contributed by atoms with Crippen LogP contribution in [0.5, 0.6) is 11.6 Å². The number of fused-ring (bicyclic) bond motifs is 2. The van der Waals surface area contributed by atoms with Crippen LogP contribution in [-0.4, -0.2) is 66.4 Å². The van der Waals surface area contributed by atoms with E-state index in [0.29, 0.717) is 34.6 Å². The number of rotatable bonds is 9. The Hall–Kier alpha value is -4.02. The van der Waals surface area contributed by atoms with Gasteiger partial charge in [0.25, 0.3) is 0 Å². The highest BCUT2D eigenvalue weighted by atomic mass is 32.2. The van der Waals surface area contributed by atoms with Crippen LogP contribution in [0.25, 0.3) is 32.6 Å². The maximum atomic E-state index is 14.3. The van der Waals surface area contributed by atoms with E-state index in [4.69, 9.17) is 9.47 Å². The van der Waals surface area contributed by atoms with Crippen molar-refractivity contribution in [3.63, 3.8) is 0 Å². The van der Waals surface area contributed by atoms with Crippen LogP contribution in [0.4, 0.5) is 17.6 Å². The quantitative estimate of drug-likeness (QED) is 0.0861. The molecule has 4 aromatic rings. The standard InChI is InChI=1S/C26H22F4N4O6S2/c1-3-21(35)33-7-8-34-16(14-33)13-19(32-34)23-22(17-5-4-15(27)12-20(17)39-10-9-38-2)24-18(6-11-41-24)25(31-23)40-42(36,37)26(28,29)30/h3-6,11-13H,1,7-10,14H2,2H3. The SMILES string of the molecule is C=CC(=O)N1CCn2nc(-c3nc(OS(=O)(=O)C(F)(F)F)c4ccsc4c3-c3ccc(F)cc3OCCOC)cc2C1. The number of carbonyl (C=O) groups excluding carboxylic acids is 1. The lowest BCUT2D eigenvalue weighted by Crippen LogP contribution is -2.37. The minimum Gasteiger partial charge on any atom is -0.490 e. The largest absolute Gasteiger partial charge is 0.534 e. The molecule has 3 aromatic heterocycles. The van der Waals surface area contributed by atoms with Crippen LogP contribution in [0, 0.1) is 5.82 Å². The van der Waals surface area contributed by atoms with Gasteiger partial charge in [0.2, 0.25) is 11.8 Å². The molecule has 16 heteroatoms. The van der Waals surface area contributed by atoms with E-state index in [1.54, 1.807) is 10.7 Å². The van der Waals surface area contributed by atoms with Gasteiger partial charge in [-0.2, -0.15) is 26.7 Å². The van der Waals surface area contributed by atoms with Gasteiger partial charge in [-0.1, -0.05) is 6.58 Å². The topological polar surface area (TPSA) is 113 Å². The van der Waals surface area contributed by atoms with Crippen molar-refractivity contribution in [2.75, 3.05) is 26.9 Å². The fraction of sp³-hybridized carbons (Fsp3) is 0.269. The number of pyridine rings is 1. The molecule has 0 atom stereocenters. The molecule has 4 heterocycles. The van der Waals surface area contributed by atoms with Crippen molar-refractivity contribution in [3.05, 3.63) is 59.9 Å². The molecule has 1 aliphatic rings. The zero-order valence-corrected chi connectivity index (χ0v) is 23.5. The molecule has 0 saturated carbocycles. The molecule has 0 unspecified atom stereocenters. The molecule has 0 radical (unpaired) electrons. The highest BCUT2D eigenvalue weighted by Crippen LogP contribution is 2.46. The minimum atomic E-state index is -6.07. The number of alkyl halides is 3. The number of methoxy groups -OCH3 is 1. The van der Waals surface area contributed by atoms with Gasteiger partial charge >= 0.3 is 15.6 Å². The Morgan fingerprint density at radius 1 is 1.19 bits per heavy atom. The van der Waals surface area contributed by atoms with Crippen LogP contribution in [0.2, 0.25) is 0 Å². The molecule has 0 spiro atoms. The van der Waals surface area contributed by atoms with Crippen LogP contribution in [0.15, 0.2) is 48.4 Å². The zero-order chi connectivity index (χ0) is 30.2. The number of hydrogen-bond donors (Lipinski definition) is 0. The normalized spacial score (nSPS) is 13.7. The van der Waals surface area contributed by atoms with Crippen molar-refractivity contribution in [3.8, 4) is 34.1 Å². The molecule has 1 aromatic carbocycles. The summed E-state index contributed by atoms with van der Waals surface area (Å²) in [5.41, 5.74) is -4.37. The Morgan fingerprint density at radius 3 is 2.69 bits per heavy atom. The van der Waals surface area contributed by atoms with E-state index in [2.05, 4.69) is 20.8 Å². The summed E-state index contributed by atoms with van der Waals surface area (Å²) in [4.78, 5) is 18.0. The number of amides is 1. The number of carbonyl (C=O) groups is 1. The highest BCUT2D eigenvalue weighted by Gasteiger charge is 2.49. The molecule has 0 aliphatic carbocycles. The average molecular weight is 627 g/mol. The fourth-order valence-electron chi connectivity index (χ4n) is 4.40. The Kier molecular flexibility index (Phi) is 7.96. The maximum absolute atomic E-state index is 14.3. The van der Waals surface area contributed by atoms with Crippen LogP contribution in [0.3, 0.4) is 0 Å². The summed E-state index contributed by atoms with van der Waals surface area (Å²) in [5, 5.41) is 6.06. The van der Waals surface area contributed by atoms with Gasteiger partial charge in [-0.15, -0.1) is 11.3 Å². The van der Waals surface area contributed by atoms with Crippen molar-refractivity contribution < 1.29 is 44.4 Å². The Bertz CT molecular complexity index is 1790. The monoisotopic (exact) mass is 626 g/mol. The van der Waals surface area contributed by atoms with Gasteiger partial charge in [0.15, 0.2) is 0 Å². The average Bonchev–Trinajstić information content (AvgIpc) is 3.60. The zero-order valence-electron chi connectivity index (χ0n) is 21.9. The van der Waals surface area contributed by atoms with Gasteiger partial charge in [0.05, 0.1) is 30.8 Å². The second-order valence-corrected chi connectivity index (χ2v) is 11.4. The van der Waals surface area contributed by atoms with Crippen LogP contribution in [0.1, 0.15) is 5.69 Å². The molecule has 0 N–H and O–H groups in total. The van der Waals surface area contributed by atoms with E-state index in [9.17, 15) is 30.8 Å². The van der Waals surface area contributed by atoms with Crippen molar-refractivity contribution in [1.82, 2.24) is 19.7 Å². The highest BCUT2D eigenvalue weighted by molar-refractivity contribution is 7.88. The van der Waals surface area contributed by atoms with Crippen molar-refractivity contribution in [2.45, 2.75) is 18.6 Å². The summed E-state index contributed by atoms with van der Waals surface area (Å²) in [5.74, 6) is -1.61. The predicted octanol–water partition coefficient (Wildman–Crippen LogP) is 4.75. The second-order valence-electron chi connectivity index (χ2n) is 8.98. The molecule has 0 saturated heterocycles. The number of benzene rings is 1. The van der Waals surface area contributed by atoms with E-state index in [1.165, 1.54) is 41.7 Å². The first-order valence-corrected chi connectivity index (χ1v) is 14.5. The number of nitrogens with zero attached hydrogens (tertiary/aromatic N) is 4. The smallest absolute Gasteiger partial charge is 0.490 e. The molecule has 222 valence electrons. The second kappa shape index (κ2) is 11.3. The molecule has 0 bridgehead atoms. The van der Waals surface area contributed by atoms with E-state index in [-0.39, 0.29) is 48.2 Å². The molecular weight excluding hydrogens is 604 g/mol. The number of hydrogen-bond acceptors (Lipinski definition) is 9. The molecule has 5 rings (SSSR count). The Labute approximate surface area is 240 Å². The predicted molar refractivity (Wildman–Crippen MR) is 145 cm³/mol. The Balaban J connectivity index is 1.74. The molecule has 42 heavy (non-hydrogen) atoms. The maximum Gasteiger partial charge on any atom is 0.534 e. The molecular formula is C26H22F4N4O6S2. The first kappa shape index (κ1) is 29.5. The van der Waals surface area contributed by atoms with Crippen molar-refractivity contribution >= 4 is 37.4 Å². The first-order chi connectivity index (χ1) is 19.9. The summed E-state index contributed by atoms with van der Waals surface area (Å²) in [6.45, 7) is 4.54. The van der Waals surface area contributed by atoms with E-state index in [1.807, 2.05) is 0 Å². The van der Waals surface area contributed by atoms with Crippen LogP contribution < -0.4 is 8.92 Å². The first-order valence-electron chi connectivity index (χ1n) is 12.3. The molecule has 0 fully saturated rings. The van der Waals surface area contributed by atoms with Crippen LogP contribution >= 0.6 is 11.3 Å². The van der Waals surface area contributed by atoms with Crippen LogP contribution in [-0.2, 0) is 32.7 Å². The fourth-order valence-corrected chi connectivity index (χ4v) is 5.78. The Morgan fingerprint density at radius 2 is 1.98 bits per heavy atom. The summed E-state index contributed by atoms with van der Waals surface area (Å²) >= 11 is 1.08. The van der Waals surface area contributed by atoms with E-state index in [0.717, 1.165) is 17.4 Å². The molecule has 1 aliphatic heterocycles. The number of ether oxygens (including phenoxy) is 2. The molecule has 1 amide bonds. The summed E-state index contributed by atoms with van der Waals surface area (Å²) in [6, 6.07) is 6.70. The van der Waals surface area contributed by atoms with Gasteiger partial charge in [0.1, 0.15) is 29.6 Å². The van der Waals surface area contributed by atoms with Crippen molar-refractivity contribution in [1.29, 1.82) is 0 Å². The number of halogens is 4. The van der Waals surface area contributed by atoms with E-state index < -0.39 is 27.3 Å². The summed E-state index contributed by atoms with van der Waals surface area (Å²) in [7, 11) is -4.61. The number of aromatic nitrogens is 3. The van der Waals surface area contributed by atoms with Gasteiger partial charge < -0.3 is 18.6 Å². The minimum absolute atomic E-state index is 0.0227. The molecule has 10 nitrogen and oxygen atoms in total. The van der Waals surface area contributed by atoms with Gasteiger partial charge in [-0.05, 0) is 35.7 Å². The third-order valence-electron chi connectivity index (χ3n) is 6.33. The third kappa shape index (κ3) is 5.56. The number of thiophene rings is 1. The van der Waals surface area contributed by atoms with Gasteiger partial charge in [-0.25, -0.2) is 9.37 Å². The third-order valence-corrected chi connectivity index (χ3v) is 8.21. The van der Waals surface area contributed by atoms with E-state index >= 15 is 0 Å². The van der Waals surface area contributed by atoms with Crippen molar-refractivity contribution in [2.24, 2.45) is 0 Å². The summed E-state index contributed by atoms with van der Waals surface area (Å²) < 4.78 is 95.4. The lowest BCUT2D eigenvalue weighted by atomic mass is 9.99.